The highest BCUT2D eigenvalue weighted by Gasteiger charge is 2.11. The Bertz CT molecular complexity index is 733. The molecular weight excluding hydrogens is 320 g/mol. The van der Waals surface area contributed by atoms with Gasteiger partial charge < -0.3 is 24.8 Å². The molecule has 0 saturated heterocycles. The highest BCUT2D eigenvalue weighted by atomic mass is 16.6. The average molecular weight is 342 g/mol. The third kappa shape index (κ3) is 5.04. The molecule has 1 heterocycles. The van der Waals surface area contributed by atoms with Crippen molar-refractivity contribution in [3.05, 3.63) is 53.6 Å². The molecular formula is C19H22N2O4. The van der Waals surface area contributed by atoms with E-state index < -0.39 is 0 Å². The Hall–Kier alpha value is -2.89. The molecule has 0 spiro atoms. The van der Waals surface area contributed by atoms with Gasteiger partial charge in [0.05, 0.1) is 6.54 Å². The van der Waals surface area contributed by atoms with Gasteiger partial charge in [-0.3, -0.25) is 0 Å². The molecule has 0 radical (unpaired) electrons. The molecule has 1 aliphatic rings. The molecule has 0 aromatic heterocycles. The van der Waals surface area contributed by atoms with Crippen LogP contribution in [0.2, 0.25) is 0 Å². The van der Waals surface area contributed by atoms with E-state index in [4.69, 9.17) is 14.2 Å². The third-order valence-corrected chi connectivity index (χ3v) is 3.71. The van der Waals surface area contributed by atoms with Crippen LogP contribution in [0.15, 0.2) is 42.5 Å². The molecule has 0 atom stereocenters. The minimum Gasteiger partial charge on any atom is -0.492 e. The molecule has 6 nitrogen and oxygen atoms in total. The van der Waals surface area contributed by atoms with Gasteiger partial charge in [0.15, 0.2) is 11.5 Å². The van der Waals surface area contributed by atoms with Gasteiger partial charge in [0, 0.05) is 6.54 Å². The molecule has 2 aromatic rings. The Balaban J connectivity index is 1.37. The Labute approximate surface area is 147 Å². The molecule has 132 valence electrons. The number of aryl methyl sites for hydroxylation is 1. The lowest BCUT2D eigenvalue weighted by molar-refractivity contribution is 0.171. The first-order valence-corrected chi connectivity index (χ1v) is 8.30. The summed E-state index contributed by atoms with van der Waals surface area (Å²) in [6, 6.07) is 13.2. The number of hydrogen-bond acceptors (Lipinski definition) is 4. The van der Waals surface area contributed by atoms with E-state index >= 15 is 0 Å². The van der Waals surface area contributed by atoms with Crippen molar-refractivity contribution in [2.75, 3.05) is 26.4 Å². The molecule has 2 aromatic carbocycles. The Morgan fingerprint density at radius 2 is 1.92 bits per heavy atom. The van der Waals surface area contributed by atoms with Crippen molar-refractivity contribution in [2.24, 2.45) is 0 Å². The summed E-state index contributed by atoms with van der Waals surface area (Å²) in [5.74, 6) is 2.27. The number of benzene rings is 2. The number of ether oxygens (including phenoxy) is 3. The summed E-state index contributed by atoms with van der Waals surface area (Å²) in [7, 11) is 0. The fourth-order valence-corrected chi connectivity index (χ4v) is 2.48. The lowest BCUT2D eigenvalue weighted by Gasteiger charge is -2.19. The fraction of sp³-hybridized carbons (Fsp3) is 0.316. The van der Waals surface area contributed by atoms with E-state index in [1.54, 1.807) is 0 Å². The van der Waals surface area contributed by atoms with Gasteiger partial charge in [0.1, 0.15) is 25.6 Å². The van der Waals surface area contributed by atoms with Gasteiger partial charge in [0.25, 0.3) is 0 Å². The quantitative estimate of drug-likeness (QED) is 0.792. The topological polar surface area (TPSA) is 68.8 Å². The normalized spacial score (nSPS) is 12.4. The molecule has 0 bridgehead atoms. The van der Waals surface area contributed by atoms with Gasteiger partial charge in [-0.15, -0.1) is 0 Å². The van der Waals surface area contributed by atoms with Crippen molar-refractivity contribution < 1.29 is 19.0 Å². The maximum absolute atomic E-state index is 11.8. The summed E-state index contributed by atoms with van der Waals surface area (Å²) in [6.07, 6.45) is 0. The van der Waals surface area contributed by atoms with E-state index in [0.29, 0.717) is 32.9 Å². The standard InChI is InChI=1S/C19H22N2O4/c1-14-3-2-4-16(11-14)23-8-7-20-19(22)21-13-15-5-6-17-18(12-15)25-10-9-24-17/h2-6,11-12H,7-10,13H2,1H3,(H2,20,21,22). The first-order valence-electron chi connectivity index (χ1n) is 8.30. The summed E-state index contributed by atoms with van der Waals surface area (Å²) in [4.78, 5) is 11.8. The Morgan fingerprint density at radius 1 is 1.08 bits per heavy atom. The SMILES string of the molecule is Cc1cccc(OCCNC(=O)NCc2ccc3c(c2)OCCO3)c1. The molecule has 0 aliphatic carbocycles. The molecule has 0 saturated carbocycles. The largest absolute Gasteiger partial charge is 0.492 e. The molecule has 2 amide bonds. The van der Waals surface area contributed by atoms with E-state index in [-0.39, 0.29) is 6.03 Å². The summed E-state index contributed by atoms with van der Waals surface area (Å²) in [6.45, 7) is 4.39. The van der Waals surface area contributed by atoms with Crippen molar-refractivity contribution in [1.82, 2.24) is 10.6 Å². The number of nitrogens with one attached hydrogen (secondary N) is 2. The number of rotatable bonds is 6. The molecule has 1 aliphatic heterocycles. The van der Waals surface area contributed by atoms with Crippen LogP contribution in [-0.2, 0) is 6.54 Å². The van der Waals surface area contributed by atoms with Crippen molar-refractivity contribution in [2.45, 2.75) is 13.5 Å². The fourth-order valence-electron chi connectivity index (χ4n) is 2.48. The van der Waals surface area contributed by atoms with E-state index in [0.717, 1.165) is 28.4 Å². The van der Waals surface area contributed by atoms with E-state index in [2.05, 4.69) is 10.6 Å². The van der Waals surface area contributed by atoms with Gasteiger partial charge in [-0.2, -0.15) is 0 Å². The van der Waals surface area contributed by atoms with Crippen LogP contribution in [0.4, 0.5) is 4.79 Å². The zero-order valence-corrected chi connectivity index (χ0v) is 14.2. The lowest BCUT2D eigenvalue weighted by atomic mass is 10.2. The zero-order valence-electron chi connectivity index (χ0n) is 14.2. The first-order chi connectivity index (χ1) is 12.2. The van der Waals surface area contributed by atoms with Gasteiger partial charge in [-0.25, -0.2) is 4.79 Å². The van der Waals surface area contributed by atoms with Crippen molar-refractivity contribution in [3.63, 3.8) is 0 Å². The minimum atomic E-state index is -0.234. The number of amides is 2. The second-order valence-corrected chi connectivity index (χ2v) is 5.75. The summed E-state index contributed by atoms with van der Waals surface area (Å²) < 4.78 is 16.6. The van der Waals surface area contributed by atoms with Gasteiger partial charge in [-0.1, -0.05) is 18.2 Å². The monoisotopic (exact) mass is 342 g/mol. The van der Waals surface area contributed by atoms with Gasteiger partial charge in [0.2, 0.25) is 0 Å². The Morgan fingerprint density at radius 3 is 2.76 bits per heavy atom. The van der Waals surface area contributed by atoms with Crippen LogP contribution in [0, 0.1) is 6.92 Å². The zero-order chi connectivity index (χ0) is 17.5. The molecule has 25 heavy (non-hydrogen) atoms. The summed E-state index contributed by atoms with van der Waals surface area (Å²) in [5.41, 5.74) is 2.10. The second-order valence-electron chi connectivity index (χ2n) is 5.75. The average Bonchev–Trinajstić information content (AvgIpc) is 2.63. The number of fused-ring (bicyclic) bond motifs is 1. The van der Waals surface area contributed by atoms with Crippen LogP contribution in [0.25, 0.3) is 0 Å². The Kier molecular flexibility index (Phi) is 5.61. The van der Waals surface area contributed by atoms with Gasteiger partial charge in [-0.05, 0) is 42.3 Å². The predicted octanol–water partition coefficient (Wildman–Crippen LogP) is 2.64. The van der Waals surface area contributed by atoms with Crippen LogP contribution in [0.3, 0.4) is 0 Å². The molecule has 0 unspecified atom stereocenters. The van der Waals surface area contributed by atoms with Crippen LogP contribution < -0.4 is 24.8 Å². The maximum Gasteiger partial charge on any atom is 0.315 e. The lowest BCUT2D eigenvalue weighted by Crippen LogP contribution is -2.37. The van der Waals surface area contributed by atoms with E-state index in [9.17, 15) is 4.79 Å². The molecule has 0 fully saturated rings. The highest BCUT2D eigenvalue weighted by molar-refractivity contribution is 5.73. The maximum atomic E-state index is 11.8. The van der Waals surface area contributed by atoms with Crippen LogP contribution >= 0.6 is 0 Å². The molecule has 2 N–H and O–H groups in total. The first kappa shape index (κ1) is 17.0. The highest BCUT2D eigenvalue weighted by Crippen LogP contribution is 2.30. The van der Waals surface area contributed by atoms with Crippen LogP contribution in [0.5, 0.6) is 17.2 Å². The summed E-state index contributed by atoms with van der Waals surface area (Å²) in [5, 5.41) is 5.58. The van der Waals surface area contributed by atoms with Crippen LogP contribution in [0.1, 0.15) is 11.1 Å². The number of hydrogen-bond donors (Lipinski definition) is 2. The number of carbonyl (C=O) groups excluding carboxylic acids is 1. The van der Waals surface area contributed by atoms with E-state index in [1.165, 1.54) is 0 Å². The van der Waals surface area contributed by atoms with E-state index in [1.807, 2.05) is 49.4 Å². The third-order valence-electron chi connectivity index (χ3n) is 3.71. The minimum absolute atomic E-state index is 0.234. The van der Waals surface area contributed by atoms with Crippen molar-refractivity contribution in [1.29, 1.82) is 0 Å². The van der Waals surface area contributed by atoms with Crippen LogP contribution in [-0.4, -0.2) is 32.4 Å². The number of carbonyl (C=O) groups is 1. The summed E-state index contributed by atoms with van der Waals surface area (Å²) >= 11 is 0. The predicted molar refractivity (Wildman–Crippen MR) is 94.3 cm³/mol. The molecule has 6 heteroatoms. The van der Waals surface area contributed by atoms with Crippen molar-refractivity contribution >= 4 is 6.03 Å². The molecule has 3 rings (SSSR count). The number of urea groups is 1. The van der Waals surface area contributed by atoms with Gasteiger partial charge >= 0.3 is 6.03 Å². The van der Waals surface area contributed by atoms with Crippen molar-refractivity contribution in [3.8, 4) is 17.2 Å². The smallest absolute Gasteiger partial charge is 0.315 e. The second kappa shape index (κ2) is 8.28.